The molecule has 0 saturated heterocycles. The van der Waals surface area contributed by atoms with E-state index in [1.807, 2.05) is 0 Å². The highest BCUT2D eigenvalue weighted by atomic mass is 16.7. The number of carbonyl (C=O) groups is 6. The van der Waals surface area contributed by atoms with E-state index in [2.05, 4.69) is 0 Å². The molecule has 13 nitrogen and oxygen atoms in total. The van der Waals surface area contributed by atoms with Crippen molar-refractivity contribution in [2.45, 2.75) is 90.5 Å². The number of hydrogen-bond donors (Lipinski definition) is 1. The van der Waals surface area contributed by atoms with Crippen molar-refractivity contribution in [3.8, 4) is 0 Å². The molecule has 0 spiro atoms. The van der Waals surface area contributed by atoms with E-state index in [1.54, 1.807) is 0 Å². The Morgan fingerprint density at radius 2 is 0.941 bits per heavy atom. The minimum absolute atomic E-state index is 0.0688. The van der Waals surface area contributed by atoms with Crippen LogP contribution in [0.25, 0.3) is 0 Å². The maximum atomic E-state index is 12.2. The van der Waals surface area contributed by atoms with Gasteiger partial charge in [-0.15, -0.1) is 0 Å². The fourth-order valence-electron chi connectivity index (χ4n) is 3.98. The molecule has 0 aliphatic heterocycles. The molecule has 1 N–H and O–H groups in total. The molecule has 192 valence electrons. The Balaban J connectivity index is 4.00. The largest absolute Gasteiger partial charge is 0.454 e. The second-order valence-electron chi connectivity index (χ2n) is 7.66. The zero-order chi connectivity index (χ0) is 26.2. The van der Waals surface area contributed by atoms with E-state index in [4.69, 9.17) is 28.4 Å². The smallest absolute Gasteiger partial charge is 0.303 e. The van der Waals surface area contributed by atoms with Crippen molar-refractivity contribution in [3.05, 3.63) is 0 Å². The molecular formula is C21H30O13. The average Bonchev–Trinajstić information content (AvgIpc) is 2.67. The van der Waals surface area contributed by atoms with Gasteiger partial charge in [0.1, 0.15) is 0 Å². The summed E-state index contributed by atoms with van der Waals surface area (Å²) in [6.45, 7) is 5.72. The summed E-state index contributed by atoms with van der Waals surface area (Å²) in [5.74, 6) is -5.41. The Morgan fingerprint density at radius 3 is 1.24 bits per heavy atom. The maximum Gasteiger partial charge on any atom is 0.303 e. The van der Waals surface area contributed by atoms with Crippen LogP contribution in [-0.4, -0.2) is 83.7 Å². The fraction of sp³-hybridized carbons (Fsp3) is 0.714. The van der Waals surface area contributed by atoms with E-state index < -0.39 is 78.5 Å². The van der Waals surface area contributed by atoms with Gasteiger partial charge in [-0.25, -0.2) is 0 Å². The van der Waals surface area contributed by atoms with Gasteiger partial charge >= 0.3 is 35.8 Å². The second kappa shape index (κ2) is 12.3. The number of hydrogen-bond acceptors (Lipinski definition) is 13. The van der Waals surface area contributed by atoms with Gasteiger partial charge in [0.2, 0.25) is 0 Å². The van der Waals surface area contributed by atoms with E-state index in [0.717, 1.165) is 41.5 Å². The number of ether oxygens (including phenoxy) is 6. The Morgan fingerprint density at radius 1 is 0.588 bits per heavy atom. The maximum absolute atomic E-state index is 12.2. The quantitative estimate of drug-likeness (QED) is 0.330. The van der Waals surface area contributed by atoms with Gasteiger partial charge in [-0.2, -0.15) is 0 Å². The van der Waals surface area contributed by atoms with E-state index >= 15 is 0 Å². The summed E-state index contributed by atoms with van der Waals surface area (Å²) in [4.78, 5) is 72.1. The van der Waals surface area contributed by atoms with Crippen molar-refractivity contribution in [2.75, 3.05) is 6.61 Å². The van der Waals surface area contributed by atoms with Crippen LogP contribution >= 0.6 is 0 Å². The Bertz CT molecular complexity index is 760. The number of carbonyl (C=O) groups excluding carboxylic acids is 6. The third-order valence-corrected chi connectivity index (χ3v) is 4.76. The van der Waals surface area contributed by atoms with Crippen LogP contribution in [-0.2, 0) is 57.2 Å². The SMILES string of the molecule is CC(=O)OC1C(OC(C)=O)C(OC(C)=O)C(CCCO)(OC(C)=O)C(OC(C)=O)C1OC(C)=O. The summed E-state index contributed by atoms with van der Waals surface area (Å²) < 4.78 is 32.3. The van der Waals surface area contributed by atoms with Gasteiger partial charge in [-0.3, -0.25) is 28.8 Å². The predicted molar refractivity (Wildman–Crippen MR) is 109 cm³/mol. The lowest BCUT2D eigenvalue weighted by molar-refractivity contribution is -0.291. The summed E-state index contributed by atoms with van der Waals surface area (Å²) >= 11 is 0. The van der Waals surface area contributed by atoms with Crippen molar-refractivity contribution in [1.82, 2.24) is 0 Å². The highest BCUT2D eigenvalue weighted by Crippen LogP contribution is 2.44. The van der Waals surface area contributed by atoms with Crippen LogP contribution in [0.15, 0.2) is 0 Å². The van der Waals surface area contributed by atoms with E-state index in [-0.39, 0.29) is 12.8 Å². The lowest BCUT2D eigenvalue weighted by Crippen LogP contribution is -2.75. The first-order valence-corrected chi connectivity index (χ1v) is 10.4. The van der Waals surface area contributed by atoms with Gasteiger partial charge in [0, 0.05) is 48.1 Å². The molecule has 1 rings (SSSR count). The standard InChI is InChI=1S/C21H30O13/c1-10(23)29-16-17(30-11(2)24)19(32-13(4)26)21(8-7-9-22,34-15(6)28)20(33-14(5)27)18(16)31-12(3)25/h16-20,22H,7-9H2,1-6H3. The Kier molecular flexibility index (Phi) is 10.4. The molecule has 0 amide bonds. The third-order valence-electron chi connectivity index (χ3n) is 4.76. The molecule has 0 radical (unpaired) electrons. The molecule has 1 saturated carbocycles. The molecular weight excluding hydrogens is 460 g/mol. The molecule has 0 aromatic carbocycles. The van der Waals surface area contributed by atoms with E-state index in [0.29, 0.717) is 0 Å². The molecule has 1 aliphatic rings. The van der Waals surface area contributed by atoms with Crippen molar-refractivity contribution >= 4 is 35.8 Å². The minimum atomic E-state index is -2.11. The zero-order valence-electron chi connectivity index (χ0n) is 19.9. The lowest BCUT2D eigenvalue weighted by Gasteiger charge is -2.53. The molecule has 4 atom stereocenters. The lowest BCUT2D eigenvalue weighted by atomic mass is 9.71. The summed E-state index contributed by atoms with van der Waals surface area (Å²) in [6.07, 6.45) is -8.67. The number of aliphatic hydroxyl groups is 1. The van der Waals surface area contributed by atoms with Crippen molar-refractivity contribution in [1.29, 1.82) is 0 Å². The van der Waals surface area contributed by atoms with Crippen molar-refractivity contribution in [2.24, 2.45) is 0 Å². The van der Waals surface area contributed by atoms with Crippen LogP contribution in [0.3, 0.4) is 0 Å². The molecule has 13 heteroatoms. The first-order valence-electron chi connectivity index (χ1n) is 10.4. The van der Waals surface area contributed by atoms with Crippen LogP contribution in [0, 0.1) is 0 Å². The molecule has 1 fully saturated rings. The predicted octanol–water partition coefficient (Wildman–Crippen LogP) is -0.267. The topological polar surface area (TPSA) is 178 Å². The van der Waals surface area contributed by atoms with E-state index in [1.165, 1.54) is 0 Å². The van der Waals surface area contributed by atoms with Crippen LogP contribution in [0.1, 0.15) is 54.4 Å². The zero-order valence-corrected chi connectivity index (χ0v) is 19.9. The Hall–Kier alpha value is -3.22. The fourth-order valence-corrected chi connectivity index (χ4v) is 3.98. The number of esters is 6. The van der Waals surface area contributed by atoms with Crippen LogP contribution in [0.2, 0.25) is 0 Å². The summed E-state index contributed by atoms with van der Waals surface area (Å²) in [7, 11) is 0. The van der Waals surface area contributed by atoms with Crippen molar-refractivity contribution < 1.29 is 62.3 Å². The van der Waals surface area contributed by atoms with Gasteiger partial charge in [0.25, 0.3) is 0 Å². The molecule has 4 unspecified atom stereocenters. The van der Waals surface area contributed by atoms with Crippen LogP contribution in [0.4, 0.5) is 0 Å². The van der Waals surface area contributed by atoms with Crippen molar-refractivity contribution in [3.63, 3.8) is 0 Å². The summed E-state index contributed by atoms with van der Waals surface area (Å²) in [6, 6.07) is 0. The normalized spacial score (nSPS) is 28.1. The molecule has 34 heavy (non-hydrogen) atoms. The van der Waals surface area contributed by atoms with Gasteiger partial charge in [-0.05, 0) is 12.8 Å². The summed E-state index contributed by atoms with van der Waals surface area (Å²) in [5.41, 5.74) is -2.11. The van der Waals surface area contributed by atoms with Gasteiger partial charge in [0.05, 0.1) is 0 Å². The third kappa shape index (κ3) is 7.40. The van der Waals surface area contributed by atoms with Gasteiger partial charge in [0.15, 0.2) is 36.1 Å². The molecule has 1 aliphatic carbocycles. The minimum Gasteiger partial charge on any atom is -0.454 e. The van der Waals surface area contributed by atoms with Gasteiger partial charge < -0.3 is 33.5 Å². The molecule has 0 heterocycles. The monoisotopic (exact) mass is 490 g/mol. The number of aliphatic hydroxyl groups excluding tert-OH is 1. The van der Waals surface area contributed by atoms with Crippen LogP contribution in [0.5, 0.6) is 0 Å². The molecule has 0 bridgehead atoms. The summed E-state index contributed by atoms with van der Waals surface area (Å²) in [5, 5.41) is 9.48. The first-order chi connectivity index (χ1) is 15.7. The second-order valence-corrected chi connectivity index (χ2v) is 7.66. The first kappa shape index (κ1) is 28.8. The highest BCUT2D eigenvalue weighted by molar-refractivity contribution is 5.71. The Labute approximate surface area is 195 Å². The van der Waals surface area contributed by atoms with E-state index in [9.17, 15) is 33.9 Å². The molecule has 0 aromatic heterocycles. The number of rotatable bonds is 9. The average molecular weight is 490 g/mol. The van der Waals surface area contributed by atoms with Crippen LogP contribution < -0.4 is 0 Å². The molecule has 0 aromatic rings. The highest BCUT2D eigenvalue weighted by Gasteiger charge is 2.68. The van der Waals surface area contributed by atoms with Gasteiger partial charge in [-0.1, -0.05) is 0 Å².